The highest BCUT2D eigenvalue weighted by Gasteiger charge is 2.37. The predicted octanol–water partition coefficient (Wildman–Crippen LogP) is 2.58. The van der Waals surface area contributed by atoms with Crippen LogP contribution in [0.4, 0.5) is 0 Å². The lowest BCUT2D eigenvalue weighted by Crippen LogP contribution is -2.32. The molecule has 1 saturated heterocycles. The summed E-state index contributed by atoms with van der Waals surface area (Å²) in [6.07, 6.45) is 4.62. The zero-order valence-corrected chi connectivity index (χ0v) is 14.2. The van der Waals surface area contributed by atoms with Gasteiger partial charge in [-0.3, -0.25) is 4.79 Å². The Morgan fingerprint density at radius 3 is 3.04 bits per heavy atom. The van der Waals surface area contributed by atoms with Crippen molar-refractivity contribution in [3.05, 3.63) is 47.7 Å². The van der Waals surface area contributed by atoms with Gasteiger partial charge in [-0.1, -0.05) is 12.1 Å². The molecule has 1 aliphatic heterocycles. The van der Waals surface area contributed by atoms with Crippen LogP contribution in [-0.4, -0.2) is 40.7 Å². The molecule has 6 heteroatoms. The second-order valence-corrected chi connectivity index (χ2v) is 6.91. The highest BCUT2D eigenvalue weighted by atomic mass is 16.5. The number of ether oxygens (including phenoxy) is 1. The molecule has 6 nitrogen and oxygen atoms in total. The van der Waals surface area contributed by atoms with Crippen LogP contribution in [0.15, 0.2) is 34.9 Å². The number of oxazole rings is 1. The molecule has 132 valence electrons. The topological polar surface area (TPSA) is 75.8 Å². The number of rotatable bonds is 5. The molecule has 2 aliphatic rings. The summed E-state index contributed by atoms with van der Waals surface area (Å²) < 4.78 is 10.7. The summed E-state index contributed by atoms with van der Waals surface area (Å²) in [4.78, 5) is 18.9. The number of aliphatic hydroxyl groups excluding tert-OH is 1. The number of amides is 1. The van der Waals surface area contributed by atoms with Crippen molar-refractivity contribution in [2.75, 3.05) is 13.7 Å². The van der Waals surface area contributed by atoms with E-state index < -0.39 is 6.10 Å². The monoisotopic (exact) mass is 342 g/mol. The van der Waals surface area contributed by atoms with Gasteiger partial charge in [0.1, 0.15) is 12.0 Å². The fourth-order valence-corrected chi connectivity index (χ4v) is 3.42. The Balaban J connectivity index is 1.55. The number of likely N-dealkylation sites (tertiary alicyclic amines) is 1. The van der Waals surface area contributed by atoms with Crippen molar-refractivity contribution < 1.29 is 19.1 Å². The highest BCUT2D eigenvalue weighted by molar-refractivity contribution is 5.92. The predicted molar refractivity (Wildman–Crippen MR) is 90.3 cm³/mol. The molecular formula is C19H22N2O4. The maximum Gasteiger partial charge on any atom is 0.276 e. The van der Waals surface area contributed by atoms with E-state index in [-0.39, 0.29) is 11.9 Å². The van der Waals surface area contributed by atoms with Crippen LogP contribution in [0.3, 0.4) is 0 Å². The molecule has 1 amide bonds. The molecule has 0 bridgehead atoms. The van der Waals surface area contributed by atoms with E-state index in [1.165, 1.54) is 19.1 Å². The summed E-state index contributed by atoms with van der Waals surface area (Å²) in [7, 11) is 1.61. The normalized spacial score (nSPS) is 23.0. The number of hydrogen-bond acceptors (Lipinski definition) is 5. The van der Waals surface area contributed by atoms with E-state index in [0.29, 0.717) is 30.5 Å². The van der Waals surface area contributed by atoms with Crippen molar-refractivity contribution in [2.24, 2.45) is 5.92 Å². The molecule has 2 unspecified atom stereocenters. The summed E-state index contributed by atoms with van der Waals surface area (Å²) in [5.74, 6) is 1.82. The molecule has 2 fully saturated rings. The molecule has 1 aliphatic carbocycles. The van der Waals surface area contributed by atoms with Gasteiger partial charge in [0.15, 0.2) is 11.6 Å². The number of aromatic nitrogens is 1. The third-order valence-electron chi connectivity index (χ3n) is 4.95. The number of methoxy groups -OCH3 is 1. The zero-order valence-electron chi connectivity index (χ0n) is 14.2. The van der Waals surface area contributed by atoms with Crippen LogP contribution in [0.1, 0.15) is 47.2 Å². The largest absolute Gasteiger partial charge is 0.497 e. The van der Waals surface area contributed by atoms with E-state index in [9.17, 15) is 9.90 Å². The first-order valence-corrected chi connectivity index (χ1v) is 8.71. The summed E-state index contributed by atoms with van der Waals surface area (Å²) in [5, 5.41) is 10.1. The first-order valence-electron chi connectivity index (χ1n) is 8.71. The van der Waals surface area contributed by atoms with E-state index in [4.69, 9.17) is 9.15 Å². The molecule has 1 aromatic heterocycles. The van der Waals surface area contributed by atoms with E-state index in [2.05, 4.69) is 4.98 Å². The Hall–Kier alpha value is -2.34. The van der Waals surface area contributed by atoms with Gasteiger partial charge >= 0.3 is 0 Å². The van der Waals surface area contributed by atoms with Crippen molar-refractivity contribution in [2.45, 2.75) is 37.8 Å². The van der Waals surface area contributed by atoms with Crippen molar-refractivity contribution >= 4 is 5.91 Å². The Morgan fingerprint density at radius 1 is 1.44 bits per heavy atom. The van der Waals surface area contributed by atoms with Gasteiger partial charge in [0.25, 0.3) is 5.91 Å². The van der Waals surface area contributed by atoms with Crippen LogP contribution in [0.5, 0.6) is 5.75 Å². The first kappa shape index (κ1) is 16.1. The fraction of sp³-hybridized carbons (Fsp3) is 0.474. The van der Waals surface area contributed by atoms with Gasteiger partial charge in [0, 0.05) is 13.0 Å². The standard InChI is InChI=1S/C19H22N2O4/c1-24-15-4-2-3-13(8-15)17-9-14(22)10-21(17)19(23)16-11-25-18(20-16)7-12-5-6-12/h2-4,8,11-12,14,17,22H,5-7,9-10H2,1H3. The summed E-state index contributed by atoms with van der Waals surface area (Å²) in [5.41, 5.74) is 1.27. The van der Waals surface area contributed by atoms with Gasteiger partial charge in [0.05, 0.1) is 19.3 Å². The molecule has 25 heavy (non-hydrogen) atoms. The summed E-state index contributed by atoms with van der Waals surface area (Å²) in [6.45, 7) is 0.297. The minimum absolute atomic E-state index is 0.193. The smallest absolute Gasteiger partial charge is 0.276 e. The summed E-state index contributed by atoms with van der Waals surface area (Å²) >= 11 is 0. The fourth-order valence-electron chi connectivity index (χ4n) is 3.42. The van der Waals surface area contributed by atoms with Gasteiger partial charge < -0.3 is 19.2 Å². The molecule has 2 aromatic rings. The van der Waals surface area contributed by atoms with Crippen LogP contribution in [-0.2, 0) is 6.42 Å². The van der Waals surface area contributed by atoms with Crippen molar-refractivity contribution in [1.82, 2.24) is 9.88 Å². The maximum absolute atomic E-state index is 12.9. The Morgan fingerprint density at radius 2 is 2.28 bits per heavy atom. The molecule has 1 aromatic carbocycles. The van der Waals surface area contributed by atoms with E-state index in [0.717, 1.165) is 17.7 Å². The molecule has 0 spiro atoms. The second-order valence-electron chi connectivity index (χ2n) is 6.91. The van der Waals surface area contributed by atoms with E-state index in [1.807, 2.05) is 24.3 Å². The van der Waals surface area contributed by atoms with E-state index >= 15 is 0 Å². The third-order valence-corrected chi connectivity index (χ3v) is 4.95. The maximum atomic E-state index is 12.9. The molecule has 4 rings (SSSR count). The van der Waals surface area contributed by atoms with Crippen LogP contribution in [0.2, 0.25) is 0 Å². The Labute approximate surface area is 146 Å². The first-order chi connectivity index (χ1) is 12.1. The van der Waals surface area contributed by atoms with Gasteiger partial charge in [0.2, 0.25) is 0 Å². The Bertz CT molecular complexity index is 768. The average molecular weight is 342 g/mol. The molecule has 2 atom stereocenters. The lowest BCUT2D eigenvalue weighted by Gasteiger charge is -2.24. The quantitative estimate of drug-likeness (QED) is 0.904. The zero-order chi connectivity index (χ0) is 17.4. The van der Waals surface area contributed by atoms with Crippen molar-refractivity contribution in [3.8, 4) is 5.75 Å². The minimum Gasteiger partial charge on any atom is -0.497 e. The number of nitrogens with zero attached hydrogens (tertiary/aromatic N) is 2. The van der Waals surface area contributed by atoms with Crippen molar-refractivity contribution in [3.63, 3.8) is 0 Å². The molecule has 1 saturated carbocycles. The highest BCUT2D eigenvalue weighted by Crippen LogP contribution is 2.35. The number of hydrogen-bond donors (Lipinski definition) is 1. The van der Waals surface area contributed by atoms with Crippen molar-refractivity contribution in [1.29, 1.82) is 0 Å². The number of benzene rings is 1. The SMILES string of the molecule is COc1cccc(C2CC(O)CN2C(=O)c2coc(CC3CC3)n2)c1. The van der Waals surface area contributed by atoms with Crippen LogP contribution < -0.4 is 4.74 Å². The van der Waals surface area contributed by atoms with Crippen LogP contribution >= 0.6 is 0 Å². The molecular weight excluding hydrogens is 320 g/mol. The van der Waals surface area contributed by atoms with E-state index in [1.54, 1.807) is 12.0 Å². The lowest BCUT2D eigenvalue weighted by molar-refractivity contribution is 0.0709. The van der Waals surface area contributed by atoms with Gasteiger partial charge in [-0.25, -0.2) is 4.98 Å². The summed E-state index contributed by atoms with van der Waals surface area (Å²) in [6, 6.07) is 7.42. The molecule has 2 heterocycles. The van der Waals surface area contributed by atoms with Crippen LogP contribution in [0.25, 0.3) is 0 Å². The Kier molecular flexibility index (Phi) is 4.21. The second kappa shape index (κ2) is 6.52. The average Bonchev–Trinajstić information content (AvgIpc) is 3.16. The lowest BCUT2D eigenvalue weighted by atomic mass is 10.0. The number of carbonyl (C=O) groups is 1. The van der Waals surface area contributed by atoms with Gasteiger partial charge in [-0.05, 0) is 42.9 Å². The number of carbonyl (C=O) groups excluding carboxylic acids is 1. The molecule has 1 N–H and O–H groups in total. The number of β-amino-alcohol motifs (C(OH)–C–C–N with tert-alkyl or cyclic N) is 1. The van der Waals surface area contributed by atoms with Crippen LogP contribution in [0, 0.1) is 5.92 Å². The third kappa shape index (κ3) is 3.39. The molecule has 0 radical (unpaired) electrons. The minimum atomic E-state index is -0.544. The van der Waals surface area contributed by atoms with Gasteiger partial charge in [-0.15, -0.1) is 0 Å². The number of aliphatic hydroxyl groups is 1. The van der Waals surface area contributed by atoms with Gasteiger partial charge in [-0.2, -0.15) is 0 Å².